The molecule has 2 N–H and O–H groups in total. The van der Waals surface area contributed by atoms with Crippen molar-refractivity contribution in [3.63, 3.8) is 0 Å². The molecule has 0 aliphatic heterocycles. The minimum Gasteiger partial charge on any atom is -0.497 e. The number of rotatable bonds is 5. The first kappa shape index (κ1) is 12.9. The maximum atomic E-state index is 13.5. The molecule has 0 saturated heterocycles. The lowest BCUT2D eigenvalue weighted by Crippen LogP contribution is -2.05. The topological polar surface area (TPSA) is 71.7 Å². The van der Waals surface area contributed by atoms with E-state index in [1.165, 1.54) is 37.6 Å². The van der Waals surface area contributed by atoms with Gasteiger partial charge in [-0.25, -0.2) is 9.18 Å². The summed E-state index contributed by atoms with van der Waals surface area (Å²) in [5.74, 6) is -1.25. The Balaban J connectivity index is 2.14. The summed E-state index contributed by atoms with van der Waals surface area (Å²) in [4.78, 5) is 10.8. The molecule has 19 heavy (non-hydrogen) atoms. The van der Waals surface area contributed by atoms with Gasteiger partial charge in [0.25, 0.3) is 0 Å². The van der Waals surface area contributed by atoms with E-state index in [1.54, 1.807) is 0 Å². The summed E-state index contributed by atoms with van der Waals surface area (Å²) in [5.41, 5.74) is 0.673. The minimum absolute atomic E-state index is 0.141. The van der Waals surface area contributed by atoms with Gasteiger partial charge in [0.05, 0.1) is 19.1 Å². The molecule has 0 aliphatic carbocycles. The lowest BCUT2D eigenvalue weighted by molar-refractivity contribution is 0.0661. The number of furan rings is 1. The van der Waals surface area contributed by atoms with E-state index in [2.05, 4.69) is 5.32 Å². The monoisotopic (exact) mass is 265 g/mol. The van der Waals surface area contributed by atoms with Crippen molar-refractivity contribution in [1.82, 2.24) is 0 Å². The number of anilines is 1. The van der Waals surface area contributed by atoms with Gasteiger partial charge in [0.2, 0.25) is 5.76 Å². The summed E-state index contributed by atoms with van der Waals surface area (Å²) in [6, 6.07) is 5.79. The van der Waals surface area contributed by atoms with Crippen molar-refractivity contribution in [3.05, 3.63) is 47.7 Å². The van der Waals surface area contributed by atoms with E-state index < -0.39 is 11.8 Å². The first-order chi connectivity index (χ1) is 9.11. The molecule has 1 aromatic heterocycles. The zero-order valence-electron chi connectivity index (χ0n) is 10.1. The molecular weight excluding hydrogens is 253 g/mol. The average molecular weight is 265 g/mol. The SMILES string of the molecule is COc1ccc(F)c(NCc2ccoc2C(=O)O)c1. The number of benzene rings is 1. The van der Waals surface area contributed by atoms with E-state index in [1.807, 2.05) is 0 Å². The van der Waals surface area contributed by atoms with E-state index in [0.717, 1.165) is 0 Å². The molecule has 0 atom stereocenters. The predicted molar refractivity (Wildman–Crippen MR) is 65.9 cm³/mol. The maximum Gasteiger partial charge on any atom is 0.372 e. The van der Waals surface area contributed by atoms with Crippen LogP contribution in [-0.2, 0) is 6.54 Å². The Morgan fingerprint density at radius 3 is 2.95 bits per heavy atom. The van der Waals surface area contributed by atoms with Crippen LogP contribution >= 0.6 is 0 Å². The Labute approximate surface area is 108 Å². The van der Waals surface area contributed by atoms with Crippen LogP contribution in [0.2, 0.25) is 0 Å². The fourth-order valence-corrected chi connectivity index (χ4v) is 1.62. The molecule has 6 heteroatoms. The van der Waals surface area contributed by atoms with Crippen LogP contribution in [0.1, 0.15) is 16.1 Å². The fourth-order valence-electron chi connectivity index (χ4n) is 1.62. The van der Waals surface area contributed by atoms with Gasteiger partial charge in [-0.05, 0) is 18.2 Å². The third-order valence-electron chi connectivity index (χ3n) is 2.58. The van der Waals surface area contributed by atoms with Gasteiger partial charge in [0, 0.05) is 18.2 Å². The Kier molecular flexibility index (Phi) is 3.70. The van der Waals surface area contributed by atoms with Crippen molar-refractivity contribution in [2.24, 2.45) is 0 Å². The second-order valence-corrected chi connectivity index (χ2v) is 3.78. The van der Waals surface area contributed by atoms with Gasteiger partial charge >= 0.3 is 5.97 Å². The highest BCUT2D eigenvalue weighted by Gasteiger charge is 2.14. The summed E-state index contributed by atoms with van der Waals surface area (Å²) in [6.07, 6.45) is 1.28. The third kappa shape index (κ3) is 2.85. The normalized spacial score (nSPS) is 10.2. The Bertz CT molecular complexity index is 594. The molecule has 0 amide bonds. The number of methoxy groups -OCH3 is 1. The van der Waals surface area contributed by atoms with Gasteiger partial charge in [-0.1, -0.05) is 0 Å². The number of nitrogens with one attached hydrogen (secondary N) is 1. The number of carboxylic acids is 1. The second-order valence-electron chi connectivity index (χ2n) is 3.78. The molecule has 100 valence electrons. The average Bonchev–Trinajstić information content (AvgIpc) is 2.86. The van der Waals surface area contributed by atoms with Gasteiger partial charge < -0.3 is 19.6 Å². The van der Waals surface area contributed by atoms with Crippen molar-refractivity contribution in [1.29, 1.82) is 0 Å². The van der Waals surface area contributed by atoms with Crippen molar-refractivity contribution >= 4 is 11.7 Å². The summed E-state index contributed by atoms with van der Waals surface area (Å²) < 4.78 is 23.4. The highest BCUT2D eigenvalue weighted by molar-refractivity contribution is 5.86. The van der Waals surface area contributed by atoms with Gasteiger partial charge in [0.1, 0.15) is 11.6 Å². The van der Waals surface area contributed by atoms with E-state index in [4.69, 9.17) is 14.3 Å². The molecule has 0 bridgehead atoms. The van der Waals surface area contributed by atoms with Crippen molar-refractivity contribution in [2.45, 2.75) is 6.54 Å². The zero-order chi connectivity index (χ0) is 13.8. The molecule has 0 spiro atoms. The Morgan fingerprint density at radius 1 is 1.47 bits per heavy atom. The van der Waals surface area contributed by atoms with Crippen LogP contribution < -0.4 is 10.1 Å². The predicted octanol–water partition coefficient (Wildman–Crippen LogP) is 2.74. The molecule has 5 nitrogen and oxygen atoms in total. The summed E-state index contributed by atoms with van der Waals surface area (Å²) in [7, 11) is 1.48. The summed E-state index contributed by atoms with van der Waals surface area (Å²) >= 11 is 0. The van der Waals surface area contributed by atoms with Crippen LogP contribution in [0.15, 0.2) is 34.9 Å². The number of ether oxygens (including phenoxy) is 1. The van der Waals surface area contributed by atoms with E-state index in [9.17, 15) is 9.18 Å². The number of carbonyl (C=O) groups is 1. The Morgan fingerprint density at radius 2 is 2.26 bits per heavy atom. The van der Waals surface area contributed by atoms with Crippen LogP contribution in [0.25, 0.3) is 0 Å². The molecule has 2 rings (SSSR count). The minimum atomic E-state index is -1.16. The van der Waals surface area contributed by atoms with Crippen LogP contribution in [0.4, 0.5) is 10.1 Å². The highest BCUT2D eigenvalue weighted by Crippen LogP contribution is 2.22. The molecule has 0 unspecified atom stereocenters. The van der Waals surface area contributed by atoms with Crippen LogP contribution in [0.5, 0.6) is 5.75 Å². The van der Waals surface area contributed by atoms with Crippen molar-refractivity contribution < 1.29 is 23.4 Å². The first-order valence-electron chi connectivity index (χ1n) is 5.49. The fraction of sp³-hybridized carbons (Fsp3) is 0.154. The largest absolute Gasteiger partial charge is 0.497 e. The number of hydrogen-bond acceptors (Lipinski definition) is 4. The van der Waals surface area contributed by atoms with Gasteiger partial charge in [-0.15, -0.1) is 0 Å². The second kappa shape index (κ2) is 5.43. The molecular formula is C13H12FNO4. The molecule has 1 heterocycles. The van der Waals surface area contributed by atoms with Crippen LogP contribution in [-0.4, -0.2) is 18.2 Å². The van der Waals surface area contributed by atoms with Crippen molar-refractivity contribution in [2.75, 3.05) is 12.4 Å². The zero-order valence-corrected chi connectivity index (χ0v) is 10.1. The molecule has 0 fully saturated rings. The first-order valence-corrected chi connectivity index (χ1v) is 5.49. The number of aromatic carboxylic acids is 1. The van der Waals surface area contributed by atoms with E-state index in [0.29, 0.717) is 11.3 Å². The maximum absolute atomic E-state index is 13.5. The molecule has 0 aliphatic rings. The van der Waals surface area contributed by atoms with Gasteiger partial charge in [-0.3, -0.25) is 0 Å². The van der Waals surface area contributed by atoms with Gasteiger partial charge in [0.15, 0.2) is 0 Å². The molecule has 0 radical (unpaired) electrons. The van der Waals surface area contributed by atoms with Crippen molar-refractivity contribution in [3.8, 4) is 5.75 Å². The third-order valence-corrected chi connectivity index (χ3v) is 2.58. The lowest BCUT2D eigenvalue weighted by atomic mass is 10.2. The quantitative estimate of drug-likeness (QED) is 0.869. The van der Waals surface area contributed by atoms with E-state index in [-0.39, 0.29) is 18.0 Å². The van der Waals surface area contributed by atoms with Crippen LogP contribution in [0, 0.1) is 5.82 Å². The molecule has 2 aromatic rings. The Hall–Kier alpha value is -2.50. The van der Waals surface area contributed by atoms with E-state index >= 15 is 0 Å². The summed E-state index contributed by atoms with van der Waals surface area (Å²) in [6.45, 7) is 0.141. The molecule has 0 saturated carbocycles. The molecule has 1 aromatic carbocycles. The number of halogens is 1. The lowest BCUT2D eigenvalue weighted by Gasteiger charge is -2.08. The number of hydrogen-bond donors (Lipinski definition) is 2. The van der Waals surface area contributed by atoms with Gasteiger partial charge in [-0.2, -0.15) is 0 Å². The number of carboxylic acid groups (broad SMARTS) is 1. The summed E-state index contributed by atoms with van der Waals surface area (Å²) in [5, 5.41) is 11.7. The highest BCUT2D eigenvalue weighted by atomic mass is 19.1. The smallest absolute Gasteiger partial charge is 0.372 e. The van der Waals surface area contributed by atoms with Crippen LogP contribution in [0.3, 0.4) is 0 Å². The standard InChI is InChI=1S/C13H12FNO4/c1-18-9-2-3-10(14)11(6-9)15-7-8-4-5-19-12(8)13(16)17/h2-6,15H,7H2,1H3,(H,16,17).